The van der Waals surface area contributed by atoms with E-state index in [-0.39, 0.29) is 0 Å². The van der Waals surface area contributed by atoms with Gasteiger partial charge in [-0.3, -0.25) is 0 Å². The Morgan fingerprint density at radius 3 is 1.82 bits per heavy atom. The van der Waals surface area contributed by atoms with Crippen LogP contribution >= 0.6 is 0 Å². The molecule has 0 heteroatoms. The Bertz CT molecular complexity index is 386. The minimum absolute atomic E-state index is 1.11. The van der Waals surface area contributed by atoms with Crippen LogP contribution in [0.15, 0.2) is 36.4 Å². The van der Waals surface area contributed by atoms with Crippen LogP contribution in [0.1, 0.15) is 11.1 Å². The van der Waals surface area contributed by atoms with Crippen LogP contribution in [0.3, 0.4) is 0 Å². The van der Waals surface area contributed by atoms with E-state index in [1.165, 1.54) is 21.9 Å². The van der Waals surface area contributed by atoms with Crippen molar-refractivity contribution in [1.29, 1.82) is 0 Å². The van der Waals surface area contributed by atoms with Gasteiger partial charge >= 0.3 is 0 Å². The molecule has 0 heterocycles. The molecule has 0 radical (unpaired) electrons. The molecule has 0 unspecified atom stereocenters. The highest BCUT2D eigenvalue weighted by Crippen LogP contribution is 2.24. The zero-order valence-corrected chi connectivity index (χ0v) is 6.17. The summed E-state index contributed by atoms with van der Waals surface area (Å²) in [5.74, 6) is 0. The van der Waals surface area contributed by atoms with E-state index < -0.39 is 0 Å². The molecule has 4 bridgehead atoms. The highest BCUT2D eigenvalue weighted by atomic mass is 14.1. The van der Waals surface area contributed by atoms with Gasteiger partial charge < -0.3 is 0 Å². The third kappa shape index (κ3) is 0.640. The lowest BCUT2D eigenvalue weighted by Gasteiger charge is -1.92. The molecule has 0 N–H and O–H groups in total. The lowest BCUT2D eigenvalue weighted by Crippen LogP contribution is -1.79. The number of benzene rings is 2. The smallest absolute Gasteiger partial charge is 0.00253 e. The lowest BCUT2D eigenvalue weighted by atomic mass is 10.1. The molecule has 0 aliphatic heterocycles. The Morgan fingerprint density at radius 1 is 0.727 bits per heavy atom. The number of rotatable bonds is 0. The summed E-state index contributed by atoms with van der Waals surface area (Å²) in [5, 5.41) is 2.76. The molecular weight excluding hydrogens is 132 g/mol. The zero-order chi connectivity index (χ0) is 7.26. The summed E-state index contributed by atoms with van der Waals surface area (Å²) in [5.41, 5.74) is 2.88. The van der Waals surface area contributed by atoms with E-state index in [0.29, 0.717) is 0 Å². The fraction of sp³-hybridized carbons (Fsp3) is 0.0909. The van der Waals surface area contributed by atoms with Crippen LogP contribution in [-0.4, -0.2) is 0 Å². The molecule has 0 spiro atoms. The molecule has 3 aliphatic carbocycles. The summed E-state index contributed by atoms with van der Waals surface area (Å²) >= 11 is 0. The molecule has 0 atom stereocenters. The van der Waals surface area contributed by atoms with Crippen molar-refractivity contribution in [3.63, 3.8) is 0 Å². The van der Waals surface area contributed by atoms with Crippen molar-refractivity contribution in [3.8, 4) is 0 Å². The van der Waals surface area contributed by atoms with Gasteiger partial charge in [0.1, 0.15) is 0 Å². The normalized spacial score (nSPS) is 13.1. The highest BCUT2D eigenvalue weighted by molar-refractivity contribution is 5.85. The van der Waals surface area contributed by atoms with Crippen LogP contribution in [0.2, 0.25) is 0 Å². The molecule has 0 saturated heterocycles. The Labute approximate surface area is 65.5 Å². The van der Waals surface area contributed by atoms with Crippen molar-refractivity contribution in [2.24, 2.45) is 0 Å². The molecule has 0 amide bonds. The molecule has 2 aromatic rings. The summed E-state index contributed by atoms with van der Waals surface area (Å²) in [4.78, 5) is 0. The fourth-order valence-electron chi connectivity index (χ4n) is 1.80. The first kappa shape index (κ1) is 5.36. The van der Waals surface area contributed by atoms with Crippen LogP contribution in [-0.2, 0) is 6.42 Å². The Kier molecular flexibility index (Phi) is 0.803. The van der Waals surface area contributed by atoms with E-state index in [4.69, 9.17) is 0 Å². The maximum Gasteiger partial charge on any atom is -0.00253 e. The van der Waals surface area contributed by atoms with Crippen molar-refractivity contribution in [1.82, 2.24) is 0 Å². The van der Waals surface area contributed by atoms with E-state index in [0.717, 1.165) is 6.42 Å². The second-order valence-electron chi connectivity index (χ2n) is 3.19. The highest BCUT2D eigenvalue weighted by Gasteiger charge is 2.04. The standard InChI is InChI=1S/C11H8/c1-3-10-7-9-2-4-11(10)6-8(1)5-9/h1-4,6-7H,5H2. The Balaban J connectivity index is 2.65. The molecular formula is C11H8. The van der Waals surface area contributed by atoms with Crippen molar-refractivity contribution in [3.05, 3.63) is 47.5 Å². The number of hydrogen-bond donors (Lipinski definition) is 0. The van der Waals surface area contributed by atoms with E-state index in [1.807, 2.05) is 0 Å². The Morgan fingerprint density at radius 2 is 1.27 bits per heavy atom. The van der Waals surface area contributed by atoms with Gasteiger partial charge in [-0.1, -0.05) is 36.4 Å². The quantitative estimate of drug-likeness (QED) is 0.450. The van der Waals surface area contributed by atoms with Gasteiger partial charge in [-0.25, -0.2) is 0 Å². The molecule has 0 nitrogen and oxygen atoms in total. The first-order valence-electron chi connectivity index (χ1n) is 3.93. The minimum atomic E-state index is 1.11. The van der Waals surface area contributed by atoms with E-state index >= 15 is 0 Å². The molecule has 0 fully saturated rings. The van der Waals surface area contributed by atoms with Gasteiger partial charge in [0.25, 0.3) is 0 Å². The second kappa shape index (κ2) is 1.65. The summed E-state index contributed by atoms with van der Waals surface area (Å²) in [7, 11) is 0. The van der Waals surface area contributed by atoms with E-state index in [9.17, 15) is 0 Å². The van der Waals surface area contributed by atoms with Gasteiger partial charge in [0.2, 0.25) is 0 Å². The first-order valence-corrected chi connectivity index (χ1v) is 3.93. The van der Waals surface area contributed by atoms with Crippen LogP contribution in [0.5, 0.6) is 0 Å². The van der Waals surface area contributed by atoms with Crippen molar-refractivity contribution >= 4 is 10.8 Å². The topological polar surface area (TPSA) is 0 Å². The van der Waals surface area contributed by atoms with Crippen LogP contribution in [0.4, 0.5) is 0 Å². The maximum absolute atomic E-state index is 2.28. The molecule has 3 aliphatic rings. The predicted octanol–water partition coefficient (Wildman–Crippen LogP) is 2.74. The largest absolute Gasteiger partial charge is 0.0581 e. The predicted molar refractivity (Wildman–Crippen MR) is 46.8 cm³/mol. The summed E-state index contributed by atoms with van der Waals surface area (Å²) in [6, 6.07) is 13.4. The van der Waals surface area contributed by atoms with E-state index in [2.05, 4.69) is 36.4 Å². The second-order valence-corrected chi connectivity index (χ2v) is 3.19. The monoisotopic (exact) mass is 140 g/mol. The number of fused-ring (bicyclic) bond motifs is 2. The summed E-state index contributed by atoms with van der Waals surface area (Å²) < 4.78 is 0. The van der Waals surface area contributed by atoms with Gasteiger partial charge in [-0.05, 0) is 28.3 Å². The van der Waals surface area contributed by atoms with Gasteiger partial charge in [-0.2, -0.15) is 0 Å². The average molecular weight is 140 g/mol. The molecule has 52 valence electrons. The molecule has 0 saturated carbocycles. The van der Waals surface area contributed by atoms with Gasteiger partial charge in [0.05, 0.1) is 0 Å². The fourth-order valence-corrected chi connectivity index (χ4v) is 1.80. The third-order valence-electron chi connectivity index (χ3n) is 2.38. The SMILES string of the molecule is c1cc2cc3ccc2cc1C3. The molecule has 2 aromatic carbocycles. The van der Waals surface area contributed by atoms with Crippen molar-refractivity contribution in [2.45, 2.75) is 6.42 Å². The average Bonchev–Trinajstić information content (AvgIpc) is 2.37. The molecule has 11 heavy (non-hydrogen) atoms. The minimum Gasteiger partial charge on any atom is -0.0581 e. The van der Waals surface area contributed by atoms with Crippen LogP contribution in [0.25, 0.3) is 10.8 Å². The van der Waals surface area contributed by atoms with Crippen LogP contribution in [0, 0.1) is 0 Å². The summed E-state index contributed by atoms with van der Waals surface area (Å²) in [6.45, 7) is 0. The zero-order valence-electron chi connectivity index (χ0n) is 6.17. The summed E-state index contributed by atoms with van der Waals surface area (Å²) in [6.07, 6.45) is 1.11. The van der Waals surface area contributed by atoms with Crippen molar-refractivity contribution in [2.75, 3.05) is 0 Å². The molecule has 5 rings (SSSR count). The number of hydrogen-bond acceptors (Lipinski definition) is 0. The van der Waals surface area contributed by atoms with Gasteiger partial charge in [-0.15, -0.1) is 0 Å². The van der Waals surface area contributed by atoms with Crippen molar-refractivity contribution < 1.29 is 0 Å². The molecule has 0 aromatic heterocycles. The Hall–Kier alpha value is -1.30. The lowest BCUT2D eigenvalue weighted by molar-refractivity contribution is 1.23. The third-order valence-corrected chi connectivity index (χ3v) is 2.38. The van der Waals surface area contributed by atoms with Gasteiger partial charge in [0.15, 0.2) is 0 Å². The van der Waals surface area contributed by atoms with Gasteiger partial charge in [0, 0.05) is 0 Å². The maximum atomic E-state index is 2.28. The first-order chi connectivity index (χ1) is 5.42. The van der Waals surface area contributed by atoms with E-state index in [1.54, 1.807) is 0 Å². The van der Waals surface area contributed by atoms with Crippen LogP contribution < -0.4 is 0 Å².